The van der Waals surface area contributed by atoms with Crippen molar-refractivity contribution in [2.45, 2.75) is 26.9 Å². The molecule has 0 saturated carbocycles. The highest BCUT2D eigenvalue weighted by molar-refractivity contribution is 5.94. The van der Waals surface area contributed by atoms with E-state index in [4.69, 9.17) is 4.74 Å². The first-order chi connectivity index (χ1) is 9.51. The van der Waals surface area contributed by atoms with Crippen LogP contribution in [0, 0.1) is 5.82 Å². The molecule has 0 amide bonds. The molecule has 0 aliphatic rings. The van der Waals surface area contributed by atoms with Gasteiger partial charge < -0.3 is 4.74 Å². The first-order valence-corrected chi connectivity index (χ1v) is 6.46. The molecule has 1 aromatic carbocycles. The van der Waals surface area contributed by atoms with Crippen LogP contribution in [-0.4, -0.2) is 15.6 Å². The van der Waals surface area contributed by atoms with E-state index < -0.39 is 5.82 Å². The van der Waals surface area contributed by atoms with Crippen LogP contribution in [0.3, 0.4) is 0 Å². The summed E-state index contributed by atoms with van der Waals surface area (Å²) in [6, 6.07) is 6.22. The van der Waals surface area contributed by atoms with Crippen molar-refractivity contribution in [3.8, 4) is 5.75 Å². The number of Topliss-reactive ketones (excluding diaryl/α,β-unsaturated/α-hetero) is 1. The Balaban J connectivity index is 2.09. The van der Waals surface area contributed by atoms with Crippen LogP contribution < -0.4 is 4.74 Å². The number of ketones is 1. The van der Waals surface area contributed by atoms with E-state index in [0.717, 1.165) is 17.8 Å². The van der Waals surface area contributed by atoms with E-state index in [1.807, 2.05) is 20.0 Å². The van der Waals surface area contributed by atoms with E-state index in [0.29, 0.717) is 12.4 Å². The molecule has 0 aliphatic heterocycles. The molecule has 0 aliphatic carbocycles. The van der Waals surface area contributed by atoms with Crippen molar-refractivity contribution in [1.82, 2.24) is 9.78 Å². The Hall–Kier alpha value is -2.17. The summed E-state index contributed by atoms with van der Waals surface area (Å²) in [6.07, 6.45) is 0.857. The molecule has 1 aromatic heterocycles. The van der Waals surface area contributed by atoms with Gasteiger partial charge in [-0.05, 0) is 31.5 Å². The van der Waals surface area contributed by atoms with Crippen molar-refractivity contribution in [3.05, 3.63) is 47.0 Å². The van der Waals surface area contributed by atoms with Gasteiger partial charge in [0.25, 0.3) is 0 Å². The zero-order chi connectivity index (χ0) is 14.7. The van der Waals surface area contributed by atoms with Crippen molar-refractivity contribution in [1.29, 1.82) is 0 Å². The fourth-order valence-corrected chi connectivity index (χ4v) is 1.91. The number of hydrogen-bond donors (Lipinski definition) is 0. The Morgan fingerprint density at radius 1 is 1.40 bits per heavy atom. The van der Waals surface area contributed by atoms with E-state index >= 15 is 0 Å². The molecule has 0 saturated heterocycles. The Labute approximate surface area is 117 Å². The van der Waals surface area contributed by atoms with Crippen molar-refractivity contribution >= 4 is 5.78 Å². The van der Waals surface area contributed by atoms with E-state index in [1.54, 1.807) is 10.7 Å². The van der Waals surface area contributed by atoms with Crippen molar-refractivity contribution in [2.24, 2.45) is 7.05 Å². The molecule has 0 spiro atoms. The maximum Gasteiger partial charge on any atom is 0.162 e. The molecule has 0 radical (unpaired) electrons. The largest absolute Gasteiger partial charge is 0.487 e. The minimum atomic E-state index is -0.561. The normalized spacial score (nSPS) is 10.6. The predicted molar refractivity (Wildman–Crippen MR) is 73.3 cm³/mol. The number of rotatable bonds is 5. The van der Waals surface area contributed by atoms with Crippen molar-refractivity contribution in [3.63, 3.8) is 0 Å². The second-order valence-electron chi connectivity index (χ2n) is 4.59. The zero-order valence-corrected chi connectivity index (χ0v) is 11.8. The van der Waals surface area contributed by atoms with E-state index in [-0.39, 0.29) is 11.3 Å². The summed E-state index contributed by atoms with van der Waals surface area (Å²) in [5, 5.41) is 4.31. The minimum absolute atomic E-state index is 0.0751. The van der Waals surface area contributed by atoms with Gasteiger partial charge >= 0.3 is 0 Å². The third-order valence-electron chi connectivity index (χ3n) is 3.10. The molecule has 2 rings (SSSR count). The van der Waals surface area contributed by atoms with Crippen LogP contribution in [0.2, 0.25) is 0 Å². The lowest BCUT2D eigenvalue weighted by atomic mass is 10.1. The third kappa shape index (κ3) is 3.04. The Kier molecular flexibility index (Phi) is 4.17. The van der Waals surface area contributed by atoms with Crippen LogP contribution in [0.4, 0.5) is 4.39 Å². The number of carbonyl (C=O) groups is 1. The molecule has 2 aromatic rings. The van der Waals surface area contributed by atoms with Gasteiger partial charge in [-0.3, -0.25) is 9.48 Å². The summed E-state index contributed by atoms with van der Waals surface area (Å²) in [5.41, 5.74) is 1.98. The maximum atomic E-state index is 13.6. The molecule has 0 bridgehead atoms. The van der Waals surface area contributed by atoms with Crippen LogP contribution in [0.1, 0.15) is 35.6 Å². The van der Waals surface area contributed by atoms with Gasteiger partial charge in [-0.25, -0.2) is 4.39 Å². The predicted octanol–water partition coefficient (Wildman–Crippen LogP) is 2.90. The number of ether oxygens (including phenoxy) is 1. The van der Waals surface area contributed by atoms with Gasteiger partial charge in [-0.1, -0.05) is 6.92 Å². The van der Waals surface area contributed by atoms with Crippen LogP contribution >= 0.6 is 0 Å². The smallest absolute Gasteiger partial charge is 0.162 e. The number of benzene rings is 1. The van der Waals surface area contributed by atoms with E-state index in [9.17, 15) is 9.18 Å². The third-order valence-corrected chi connectivity index (χ3v) is 3.10. The minimum Gasteiger partial charge on any atom is -0.487 e. The molecule has 0 unspecified atom stereocenters. The number of hydrogen-bond acceptors (Lipinski definition) is 3. The number of halogens is 1. The van der Waals surface area contributed by atoms with Crippen molar-refractivity contribution < 1.29 is 13.9 Å². The van der Waals surface area contributed by atoms with Gasteiger partial charge in [-0.2, -0.15) is 5.10 Å². The highest BCUT2D eigenvalue weighted by Crippen LogP contribution is 2.18. The highest BCUT2D eigenvalue weighted by Gasteiger charge is 2.09. The summed E-state index contributed by atoms with van der Waals surface area (Å²) in [7, 11) is 1.84. The lowest BCUT2D eigenvalue weighted by Gasteiger charge is -2.07. The van der Waals surface area contributed by atoms with Crippen LogP contribution in [0.15, 0.2) is 24.3 Å². The van der Waals surface area contributed by atoms with Gasteiger partial charge in [0.15, 0.2) is 5.78 Å². The molecule has 0 fully saturated rings. The summed E-state index contributed by atoms with van der Waals surface area (Å²) >= 11 is 0. The van der Waals surface area contributed by atoms with Gasteiger partial charge in [0.2, 0.25) is 0 Å². The quantitative estimate of drug-likeness (QED) is 0.789. The highest BCUT2D eigenvalue weighted by atomic mass is 19.1. The lowest BCUT2D eigenvalue weighted by molar-refractivity contribution is 0.101. The number of nitrogens with zero attached hydrogens (tertiary/aromatic N) is 2. The first-order valence-electron chi connectivity index (χ1n) is 6.46. The monoisotopic (exact) mass is 276 g/mol. The Morgan fingerprint density at radius 3 is 2.70 bits per heavy atom. The summed E-state index contributed by atoms with van der Waals surface area (Å²) < 4.78 is 20.9. The van der Waals surface area contributed by atoms with E-state index in [1.165, 1.54) is 19.1 Å². The average molecular weight is 276 g/mol. The second-order valence-corrected chi connectivity index (χ2v) is 4.59. The fourth-order valence-electron chi connectivity index (χ4n) is 1.91. The zero-order valence-electron chi connectivity index (χ0n) is 11.8. The molecule has 20 heavy (non-hydrogen) atoms. The van der Waals surface area contributed by atoms with Gasteiger partial charge in [0.1, 0.15) is 18.2 Å². The van der Waals surface area contributed by atoms with Crippen LogP contribution in [0.25, 0.3) is 0 Å². The molecule has 5 heteroatoms. The molecule has 0 N–H and O–H groups in total. The summed E-state index contributed by atoms with van der Waals surface area (Å²) in [6.45, 7) is 3.67. The van der Waals surface area contributed by atoms with Gasteiger partial charge in [-0.15, -0.1) is 0 Å². The SMILES string of the molecule is CCc1cc(COc2ccc(C(C)=O)c(F)c2)n(C)n1. The number of aromatic nitrogens is 2. The molecule has 1 heterocycles. The lowest BCUT2D eigenvalue weighted by Crippen LogP contribution is -2.04. The molecular formula is C15H17FN2O2. The maximum absolute atomic E-state index is 13.6. The van der Waals surface area contributed by atoms with Gasteiger partial charge in [0, 0.05) is 13.1 Å². The fraction of sp³-hybridized carbons (Fsp3) is 0.333. The topological polar surface area (TPSA) is 44.1 Å². The molecule has 0 atom stereocenters. The standard InChI is InChI=1S/C15H17FN2O2/c1-4-11-7-12(18(3)17-11)9-20-13-5-6-14(10(2)19)15(16)8-13/h5-8H,4,9H2,1-3H3. The first kappa shape index (κ1) is 14.2. The molecular weight excluding hydrogens is 259 g/mol. The van der Waals surface area contributed by atoms with Crippen molar-refractivity contribution in [2.75, 3.05) is 0 Å². The summed E-state index contributed by atoms with van der Waals surface area (Å²) in [4.78, 5) is 11.1. The van der Waals surface area contributed by atoms with E-state index in [2.05, 4.69) is 5.10 Å². The summed E-state index contributed by atoms with van der Waals surface area (Å²) in [5.74, 6) is -0.464. The molecule has 106 valence electrons. The number of aryl methyl sites for hydroxylation is 2. The second kappa shape index (κ2) is 5.86. The molecule has 4 nitrogen and oxygen atoms in total. The number of carbonyl (C=O) groups excluding carboxylic acids is 1. The van der Waals surface area contributed by atoms with Crippen LogP contribution in [-0.2, 0) is 20.1 Å². The van der Waals surface area contributed by atoms with Crippen LogP contribution in [0.5, 0.6) is 5.75 Å². The Bertz CT molecular complexity index is 635. The Morgan fingerprint density at radius 2 is 2.15 bits per heavy atom. The average Bonchev–Trinajstić information content (AvgIpc) is 2.76. The van der Waals surface area contributed by atoms with Gasteiger partial charge in [0.05, 0.1) is 17.0 Å².